The smallest absolute Gasteiger partial charge is 0.243 e. The van der Waals surface area contributed by atoms with Crippen LogP contribution < -0.4 is 4.90 Å². The molecular weight excluding hydrogens is 396 g/mol. The third-order valence-corrected chi connectivity index (χ3v) is 7.18. The minimum Gasteiger partial charge on any atom is -0.308 e. The monoisotopic (exact) mass is 420 g/mol. The van der Waals surface area contributed by atoms with E-state index in [1.165, 1.54) is 4.31 Å². The van der Waals surface area contributed by atoms with Gasteiger partial charge in [0.2, 0.25) is 15.9 Å². The molecule has 0 fully saturated rings. The van der Waals surface area contributed by atoms with Crippen LogP contribution >= 0.6 is 0 Å². The van der Waals surface area contributed by atoms with E-state index < -0.39 is 10.0 Å². The van der Waals surface area contributed by atoms with Gasteiger partial charge in [-0.15, -0.1) is 0 Å². The summed E-state index contributed by atoms with van der Waals surface area (Å²) < 4.78 is 28.0. The van der Waals surface area contributed by atoms with Gasteiger partial charge in [-0.25, -0.2) is 8.42 Å². The Labute approximate surface area is 177 Å². The molecule has 0 unspecified atom stereocenters. The summed E-state index contributed by atoms with van der Waals surface area (Å²) in [7, 11) is -3.83. The van der Waals surface area contributed by atoms with Crippen molar-refractivity contribution in [1.29, 1.82) is 0 Å². The van der Waals surface area contributed by atoms with Crippen molar-refractivity contribution < 1.29 is 13.2 Å². The SMILES string of the molecule is C[C@@H]1Cc2ccccc2N1C(=O)CN(Cc1ccccc1)S(=O)(=O)c1ccccc1. The van der Waals surface area contributed by atoms with Crippen molar-refractivity contribution in [3.63, 3.8) is 0 Å². The van der Waals surface area contributed by atoms with Gasteiger partial charge in [-0.1, -0.05) is 66.7 Å². The average Bonchev–Trinajstić information content (AvgIpc) is 3.10. The Balaban J connectivity index is 1.66. The number of para-hydroxylation sites is 1. The van der Waals surface area contributed by atoms with E-state index in [0.717, 1.165) is 23.2 Å². The molecule has 1 atom stereocenters. The van der Waals surface area contributed by atoms with Crippen molar-refractivity contribution in [2.75, 3.05) is 11.4 Å². The zero-order chi connectivity index (χ0) is 21.1. The summed E-state index contributed by atoms with van der Waals surface area (Å²) >= 11 is 0. The van der Waals surface area contributed by atoms with Crippen LogP contribution in [0, 0.1) is 0 Å². The van der Waals surface area contributed by atoms with Crippen LogP contribution in [-0.4, -0.2) is 31.2 Å². The van der Waals surface area contributed by atoms with Gasteiger partial charge in [-0.3, -0.25) is 4.79 Å². The van der Waals surface area contributed by atoms with Crippen LogP contribution in [-0.2, 0) is 27.8 Å². The lowest BCUT2D eigenvalue weighted by Gasteiger charge is -2.27. The van der Waals surface area contributed by atoms with E-state index in [4.69, 9.17) is 0 Å². The number of nitrogens with zero attached hydrogens (tertiary/aromatic N) is 2. The first-order valence-electron chi connectivity index (χ1n) is 9.96. The number of carbonyl (C=O) groups is 1. The lowest BCUT2D eigenvalue weighted by atomic mass is 10.1. The van der Waals surface area contributed by atoms with E-state index >= 15 is 0 Å². The number of anilines is 1. The molecule has 0 spiro atoms. The number of fused-ring (bicyclic) bond motifs is 1. The van der Waals surface area contributed by atoms with Gasteiger partial charge in [0, 0.05) is 18.3 Å². The van der Waals surface area contributed by atoms with E-state index in [2.05, 4.69) is 0 Å². The summed E-state index contributed by atoms with van der Waals surface area (Å²) in [6.45, 7) is 1.91. The van der Waals surface area contributed by atoms with Gasteiger partial charge in [0.1, 0.15) is 0 Å². The number of carbonyl (C=O) groups excluding carboxylic acids is 1. The van der Waals surface area contributed by atoms with E-state index in [1.807, 2.05) is 61.5 Å². The maximum absolute atomic E-state index is 13.4. The predicted molar refractivity (Wildman–Crippen MR) is 118 cm³/mol. The second-order valence-electron chi connectivity index (χ2n) is 7.52. The highest BCUT2D eigenvalue weighted by Gasteiger charge is 2.34. The van der Waals surface area contributed by atoms with Crippen molar-refractivity contribution in [3.8, 4) is 0 Å². The quantitative estimate of drug-likeness (QED) is 0.609. The molecule has 0 radical (unpaired) electrons. The predicted octanol–water partition coefficient (Wildman–Crippen LogP) is 3.86. The molecule has 0 saturated heterocycles. The van der Waals surface area contributed by atoms with Crippen molar-refractivity contribution in [1.82, 2.24) is 4.31 Å². The van der Waals surface area contributed by atoms with Crippen LogP contribution in [0.4, 0.5) is 5.69 Å². The Morgan fingerprint density at radius 3 is 2.23 bits per heavy atom. The Morgan fingerprint density at radius 2 is 1.53 bits per heavy atom. The van der Waals surface area contributed by atoms with Crippen molar-refractivity contribution in [2.24, 2.45) is 0 Å². The first-order valence-corrected chi connectivity index (χ1v) is 11.4. The molecule has 3 aromatic carbocycles. The summed E-state index contributed by atoms with van der Waals surface area (Å²) in [5, 5.41) is 0. The van der Waals surface area contributed by atoms with Crippen LogP contribution in [0.3, 0.4) is 0 Å². The minimum atomic E-state index is -3.83. The molecule has 1 aliphatic heterocycles. The maximum atomic E-state index is 13.4. The van der Waals surface area contributed by atoms with Gasteiger partial charge in [-0.05, 0) is 42.7 Å². The number of hydrogen-bond acceptors (Lipinski definition) is 3. The van der Waals surface area contributed by atoms with E-state index in [-0.39, 0.29) is 29.9 Å². The van der Waals surface area contributed by atoms with Gasteiger partial charge >= 0.3 is 0 Å². The van der Waals surface area contributed by atoms with Gasteiger partial charge < -0.3 is 4.90 Å². The first-order chi connectivity index (χ1) is 14.5. The Morgan fingerprint density at radius 1 is 0.933 bits per heavy atom. The third kappa shape index (κ3) is 4.01. The van der Waals surface area contributed by atoms with Crippen LogP contribution in [0.15, 0.2) is 89.8 Å². The molecule has 0 bridgehead atoms. The van der Waals surface area contributed by atoms with Crippen molar-refractivity contribution >= 4 is 21.6 Å². The molecule has 1 amide bonds. The maximum Gasteiger partial charge on any atom is 0.243 e. The number of sulfonamides is 1. The molecule has 5 nitrogen and oxygen atoms in total. The zero-order valence-electron chi connectivity index (χ0n) is 16.8. The average molecular weight is 421 g/mol. The molecule has 4 rings (SSSR count). The van der Waals surface area contributed by atoms with Gasteiger partial charge in [0.25, 0.3) is 0 Å². The van der Waals surface area contributed by atoms with Crippen LogP contribution in [0.5, 0.6) is 0 Å². The minimum absolute atomic E-state index is 0.00657. The summed E-state index contributed by atoms with van der Waals surface area (Å²) in [6, 6.07) is 25.4. The fourth-order valence-corrected chi connectivity index (χ4v) is 5.33. The number of amides is 1. The third-order valence-electron chi connectivity index (χ3n) is 5.37. The topological polar surface area (TPSA) is 57.7 Å². The molecule has 0 N–H and O–H groups in total. The number of hydrogen-bond donors (Lipinski definition) is 0. The molecule has 0 saturated carbocycles. The molecule has 154 valence electrons. The number of rotatable bonds is 6. The molecule has 0 aliphatic carbocycles. The van der Waals surface area contributed by atoms with E-state index in [1.54, 1.807) is 35.2 Å². The van der Waals surface area contributed by atoms with Crippen LogP contribution in [0.2, 0.25) is 0 Å². The van der Waals surface area contributed by atoms with Crippen molar-refractivity contribution in [3.05, 3.63) is 96.1 Å². The van der Waals surface area contributed by atoms with E-state index in [9.17, 15) is 13.2 Å². The van der Waals surface area contributed by atoms with Gasteiger partial charge in [-0.2, -0.15) is 4.31 Å². The number of benzene rings is 3. The lowest BCUT2D eigenvalue weighted by molar-refractivity contribution is -0.119. The second-order valence-corrected chi connectivity index (χ2v) is 9.46. The second kappa shape index (κ2) is 8.42. The Hall–Kier alpha value is -2.96. The zero-order valence-corrected chi connectivity index (χ0v) is 17.6. The summed E-state index contributed by atoms with van der Waals surface area (Å²) in [5.41, 5.74) is 2.81. The van der Waals surface area contributed by atoms with Crippen molar-refractivity contribution in [2.45, 2.75) is 30.8 Å². The molecule has 3 aromatic rings. The van der Waals surface area contributed by atoms with Crippen LogP contribution in [0.25, 0.3) is 0 Å². The first kappa shape index (κ1) is 20.3. The Bertz CT molecular complexity index is 1130. The highest BCUT2D eigenvalue weighted by molar-refractivity contribution is 7.89. The molecule has 6 heteroatoms. The summed E-state index contributed by atoms with van der Waals surface area (Å²) in [4.78, 5) is 15.2. The molecule has 0 aromatic heterocycles. The highest BCUT2D eigenvalue weighted by atomic mass is 32.2. The largest absolute Gasteiger partial charge is 0.308 e. The summed E-state index contributed by atoms with van der Waals surface area (Å²) in [6.07, 6.45) is 0.770. The van der Waals surface area contributed by atoms with Crippen LogP contribution in [0.1, 0.15) is 18.1 Å². The fourth-order valence-electron chi connectivity index (χ4n) is 3.93. The standard InChI is InChI=1S/C24H24N2O3S/c1-19-16-21-12-8-9-15-23(21)26(19)24(27)18-25(17-20-10-4-2-5-11-20)30(28,29)22-13-6-3-7-14-22/h2-15,19H,16-18H2,1H3/t19-/m1/s1. The lowest BCUT2D eigenvalue weighted by Crippen LogP contribution is -2.44. The fraction of sp³-hybridized carbons (Fsp3) is 0.208. The van der Waals surface area contributed by atoms with Gasteiger partial charge in [0.15, 0.2) is 0 Å². The highest BCUT2D eigenvalue weighted by Crippen LogP contribution is 2.32. The molecule has 30 heavy (non-hydrogen) atoms. The molecular formula is C24H24N2O3S. The summed E-state index contributed by atoms with van der Waals surface area (Å²) in [5.74, 6) is -0.220. The molecule has 1 aliphatic rings. The Kier molecular flexibility index (Phi) is 5.70. The van der Waals surface area contributed by atoms with E-state index in [0.29, 0.717) is 0 Å². The molecule has 1 heterocycles. The normalized spacial score (nSPS) is 15.9. The van der Waals surface area contributed by atoms with Gasteiger partial charge in [0.05, 0.1) is 11.4 Å².